The summed E-state index contributed by atoms with van der Waals surface area (Å²) >= 11 is 0. The molecule has 146 valence electrons. The zero-order chi connectivity index (χ0) is 20.1. The van der Waals surface area contributed by atoms with Crippen LogP contribution in [0.1, 0.15) is 29.4 Å². The lowest BCUT2D eigenvalue weighted by molar-refractivity contribution is -0.116. The van der Waals surface area contributed by atoms with Gasteiger partial charge in [0, 0.05) is 30.0 Å². The van der Waals surface area contributed by atoms with Crippen molar-refractivity contribution in [1.29, 1.82) is 0 Å². The number of amides is 1. The number of nitrogens with one attached hydrogen (secondary N) is 1. The molecular weight excluding hydrogens is 364 g/mol. The standard InChI is InChI=1S/C23H22N4O2/c1-2-21-20(19-5-3-4-6-22(19)29-21)11-12-23(28)25-13-17-7-9-18(10-8-17)14-27-16-24-15-26-27/h3-12,15-16H,2,13-14H2,1H3,(H,25,28)/b12-11+. The van der Waals surface area contributed by atoms with Crippen LogP contribution in [-0.2, 0) is 24.3 Å². The van der Waals surface area contributed by atoms with E-state index >= 15 is 0 Å². The maximum atomic E-state index is 12.3. The molecule has 2 aromatic carbocycles. The highest BCUT2D eigenvalue weighted by Gasteiger charge is 2.10. The van der Waals surface area contributed by atoms with E-state index in [9.17, 15) is 4.79 Å². The summed E-state index contributed by atoms with van der Waals surface area (Å²) in [6.45, 7) is 3.19. The van der Waals surface area contributed by atoms with Crippen LogP contribution in [-0.4, -0.2) is 20.7 Å². The van der Waals surface area contributed by atoms with Gasteiger partial charge in [-0.3, -0.25) is 4.79 Å². The average molecular weight is 386 g/mol. The molecule has 0 fully saturated rings. The van der Waals surface area contributed by atoms with E-state index in [4.69, 9.17) is 4.42 Å². The van der Waals surface area contributed by atoms with Crippen molar-refractivity contribution in [3.05, 3.63) is 89.7 Å². The first-order valence-corrected chi connectivity index (χ1v) is 9.59. The number of rotatable bonds is 7. The summed E-state index contributed by atoms with van der Waals surface area (Å²) in [4.78, 5) is 16.2. The minimum atomic E-state index is -0.135. The van der Waals surface area contributed by atoms with Crippen molar-refractivity contribution in [3.63, 3.8) is 0 Å². The highest BCUT2D eigenvalue weighted by atomic mass is 16.3. The Hall–Kier alpha value is -3.67. The van der Waals surface area contributed by atoms with Gasteiger partial charge in [-0.2, -0.15) is 5.10 Å². The number of nitrogens with zero attached hydrogens (tertiary/aromatic N) is 3. The van der Waals surface area contributed by atoms with Crippen molar-refractivity contribution < 1.29 is 9.21 Å². The summed E-state index contributed by atoms with van der Waals surface area (Å²) in [5.41, 5.74) is 3.98. The van der Waals surface area contributed by atoms with E-state index in [-0.39, 0.29) is 5.91 Å². The lowest BCUT2D eigenvalue weighted by Gasteiger charge is -2.05. The van der Waals surface area contributed by atoms with Crippen LogP contribution in [0.15, 0.2) is 71.7 Å². The largest absolute Gasteiger partial charge is 0.460 e. The molecule has 0 aliphatic heterocycles. The highest BCUT2D eigenvalue weighted by Crippen LogP contribution is 2.27. The highest BCUT2D eigenvalue weighted by molar-refractivity contribution is 5.96. The van der Waals surface area contributed by atoms with Gasteiger partial charge in [0.25, 0.3) is 0 Å². The van der Waals surface area contributed by atoms with E-state index in [0.29, 0.717) is 13.1 Å². The van der Waals surface area contributed by atoms with Gasteiger partial charge in [-0.15, -0.1) is 0 Å². The van der Waals surface area contributed by atoms with Gasteiger partial charge in [0.2, 0.25) is 5.91 Å². The van der Waals surface area contributed by atoms with E-state index in [1.54, 1.807) is 17.1 Å². The third-order valence-electron chi connectivity index (χ3n) is 4.73. The minimum absolute atomic E-state index is 0.135. The number of furan rings is 1. The number of hydrogen-bond donors (Lipinski definition) is 1. The molecule has 0 unspecified atom stereocenters. The van der Waals surface area contributed by atoms with Gasteiger partial charge in [0.15, 0.2) is 0 Å². The molecule has 0 bridgehead atoms. The Bertz CT molecular complexity index is 1130. The van der Waals surface area contributed by atoms with E-state index in [2.05, 4.69) is 15.4 Å². The predicted octanol–water partition coefficient (Wildman–Crippen LogP) is 3.96. The number of aromatic nitrogens is 3. The summed E-state index contributed by atoms with van der Waals surface area (Å²) in [5, 5.41) is 8.05. The van der Waals surface area contributed by atoms with Crippen molar-refractivity contribution in [1.82, 2.24) is 20.1 Å². The number of hydrogen-bond acceptors (Lipinski definition) is 4. The molecule has 4 aromatic rings. The second kappa shape index (κ2) is 8.56. The molecule has 6 heteroatoms. The van der Waals surface area contributed by atoms with Gasteiger partial charge in [0.1, 0.15) is 24.0 Å². The van der Waals surface area contributed by atoms with Gasteiger partial charge in [0.05, 0.1) is 6.54 Å². The molecule has 0 aliphatic carbocycles. The van der Waals surface area contributed by atoms with Crippen LogP contribution in [0.4, 0.5) is 0 Å². The third-order valence-corrected chi connectivity index (χ3v) is 4.73. The topological polar surface area (TPSA) is 73.0 Å². The summed E-state index contributed by atoms with van der Waals surface area (Å²) in [7, 11) is 0. The molecule has 29 heavy (non-hydrogen) atoms. The molecule has 1 amide bonds. The Labute approximate surface area is 168 Å². The van der Waals surface area contributed by atoms with Crippen LogP contribution in [0.25, 0.3) is 17.0 Å². The lowest BCUT2D eigenvalue weighted by atomic mass is 10.1. The molecule has 0 spiro atoms. The SMILES string of the molecule is CCc1oc2ccccc2c1/C=C/C(=O)NCc1ccc(Cn2cncn2)cc1. The number of carbonyl (C=O) groups excluding carboxylic acids is 1. The number of benzene rings is 2. The molecule has 2 heterocycles. The van der Waals surface area contributed by atoms with Crippen LogP contribution in [0.2, 0.25) is 0 Å². The maximum absolute atomic E-state index is 12.3. The molecule has 1 N–H and O–H groups in total. The van der Waals surface area contributed by atoms with Crippen molar-refractivity contribution in [2.75, 3.05) is 0 Å². The fraction of sp³-hybridized carbons (Fsp3) is 0.174. The summed E-state index contributed by atoms with van der Waals surface area (Å²) in [6.07, 6.45) is 7.38. The van der Waals surface area contributed by atoms with Gasteiger partial charge < -0.3 is 9.73 Å². The molecule has 6 nitrogen and oxygen atoms in total. The van der Waals surface area contributed by atoms with Crippen LogP contribution in [0, 0.1) is 0 Å². The van der Waals surface area contributed by atoms with Gasteiger partial charge in [-0.25, -0.2) is 9.67 Å². The number of carbonyl (C=O) groups is 1. The van der Waals surface area contributed by atoms with Crippen molar-refractivity contribution in [3.8, 4) is 0 Å². The van der Waals surface area contributed by atoms with Crippen molar-refractivity contribution in [2.24, 2.45) is 0 Å². The Morgan fingerprint density at radius 1 is 1.14 bits per heavy atom. The normalized spacial score (nSPS) is 11.3. The van der Waals surface area contributed by atoms with Gasteiger partial charge in [-0.1, -0.05) is 49.4 Å². The quantitative estimate of drug-likeness (QED) is 0.488. The first-order valence-electron chi connectivity index (χ1n) is 9.59. The van der Waals surface area contributed by atoms with Gasteiger partial charge in [-0.05, 0) is 23.3 Å². The summed E-state index contributed by atoms with van der Waals surface area (Å²) < 4.78 is 7.64. The van der Waals surface area contributed by atoms with Crippen LogP contribution in [0.5, 0.6) is 0 Å². The molecular formula is C23H22N4O2. The third kappa shape index (κ3) is 4.43. The zero-order valence-electron chi connectivity index (χ0n) is 16.2. The molecule has 0 radical (unpaired) electrons. The Morgan fingerprint density at radius 2 is 1.93 bits per heavy atom. The summed E-state index contributed by atoms with van der Waals surface area (Å²) in [6, 6.07) is 16.0. The Balaban J connectivity index is 1.37. The van der Waals surface area contributed by atoms with E-state index < -0.39 is 0 Å². The smallest absolute Gasteiger partial charge is 0.244 e. The van der Waals surface area contributed by atoms with Crippen LogP contribution >= 0.6 is 0 Å². The van der Waals surface area contributed by atoms with E-state index in [1.807, 2.05) is 61.5 Å². The molecule has 0 aliphatic rings. The second-order valence-electron chi connectivity index (χ2n) is 6.75. The maximum Gasteiger partial charge on any atom is 0.244 e. The zero-order valence-corrected chi connectivity index (χ0v) is 16.2. The van der Waals surface area contributed by atoms with Crippen LogP contribution in [0.3, 0.4) is 0 Å². The minimum Gasteiger partial charge on any atom is -0.460 e. The number of aryl methyl sites for hydroxylation is 1. The average Bonchev–Trinajstić information content (AvgIpc) is 3.39. The van der Waals surface area contributed by atoms with Gasteiger partial charge >= 0.3 is 0 Å². The molecule has 0 atom stereocenters. The lowest BCUT2D eigenvalue weighted by Crippen LogP contribution is -2.20. The fourth-order valence-electron chi connectivity index (χ4n) is 3.23. The van der Waals surface area contributed by atoms with Crippen molar-refractivity contribution >= 4 is 23.0 Å². The summed E-state index contributed by atoms with van der Waals surface area (Å²) in [5.74, 6) is 0.752. The first kappa shape index (κ1) is 18.7. The van der Waals surface area contributed by atoms with E-state index in [0.717, 1.165) is 39.8 Å². The molecule has 2 aromatic heterocycles. The second-order valence-corrected chi connectivity index (χ2v) is 6.75. The van der Waals surface area contributed by atoms with Crippen LogP contribution < -0.4 is 5.32 Å². The predicted molar refractivity (Wildman–Crippen MR) is 112 cm³/mol. The first-order chi connectivity index (χ1) is 14.2. The van der Waals surface area contributed by atoms with Crippen molar-refractivity contribution in [2.45, 2.75) is 26.4 Å². The monoisotopic (exact) mass is 386 g/mol. The number of para-hydroxylation sites is 1. The fourth-order valence-corrected chi connectivity index (χ4v) is 3.23. The number of fused-ring (bicyclic) bond motifs is 1. The molecule has 0 saturated carbocycles. The Morgan fingerprint density at radius 3 is 2.69 bits per heavy atom. The van der Waals surface area contributed by atoms with E-state index in [1.165, 1.54) is 6.33 Å². The molecule has 0 saturated heterocycles. The Kier molecular flexibility index (Phi) is 5.52. The molecule has 4 rings (SSSR count).